The Morgan fingerprint density at radius 1 is 0.500 bits per heavy atom. The maximum absolute atomic E-state index is 6.97. The molecule has 0 aliphatic carbocycles. The zero-order valence-electron chi connectivity index (χ0n) is 40.0. The van der Waals surface area contributed by atoms with Crippen molar-refractivity contribution in [2.24, 2.45) is 0 Å². The third kappa shape index (κ3) is 6.45. The van der Waals surface area contributed by atoms with Crippen LogP contribution in [-0.2, 0) is 24.8 Å². The molecule has 348 valence electrons. The number of benzene rings is 9. The molecule has 0 radical (unpaired) electrons. The van der Waals surface area contributed by atoms with E-state index >= 15 is 0 Å². The first kappa shape index (κ1) is 42.6. The number of pyridine rings is 1. The molecule has 6 nitrogen and oxygen atoms in total. The first-order chi connectivity index (χ1) is 35.2. The van der Waals surface area contributed by atoms with Crippen molar-refractivity contribution in [1.82, 2.24) is 23.1 Å². The summed E-state index contributed by atoms with van der Waals surface area (Å²) in [6.45, 7) is 8.82. The minimum absolute atomic E-state index is 0.0804. The first-order valence-electron chi connectivity index (χ1n) is 24.4. The summed E-state index contributed by atoms with van der Waals surface area (Å²) in [6.07, 6.45) is 1.93. The first-order valence-corrected chi connectivity index (χ1v) is 25.5. The molecule has 0 spiro atoms. The third-order valence-corrected chi connectivity index (χ3v) is 15.5. The van der Waals surface area contributed by atoms with Gasteiger partial charge in [-0.05, 0) is 23.1 Å². The van der Waals surface area contributed by atoms with Gasteiger partial charge >= 0.3 is 301 Å². The van der Waals surface area contributed by atoms with Crippen LogP contribution in [-0.4, -0.2) is 23.1 Å². The summed E-state index contributed by atoms with van der Waals surface area (Å²) in [5.41, 5.74) is 16.4. The van der Waals surface area contributed by atoms with E-state index in [4.69, 9.17) is 9.72 Å². The average molecular weight is 1110 g/mol. The smallest absolute Gasteiger partial charge is 0.0561 e. The number of hydrogen-bond acceptors (Lipinski definition) is 2. The number of aromatic nitrogens is 5. The molecule has 14 aromatic rings. The van der Waals surface area contributed by atoms with Crippen molar-refractivity contribution in [3.63, 3.8) is 0 Å². The fraction of sp³-hybridized carbons (Fsp3) is 0.0769. The Morgan fingerprint density at radius 2 is 1.12 bits per heavy atom. The zero-order valence-corrected chi connectivity index (χ0v) is 42.3. The number of aryl methyl sites for hydroxylation is 1. The van der Waals surface area contributed by atoms with Crippen LogP contribution >= 0.6 is 0 Å². The molecule has 14 rings (SSSR count). The summed E-state index contributed by atoms with van der Waals surface area (Å²) in [5.74, 6) is 2.07. The van der Waals surface area contributed by atoms with E-state index in [1.807, 2.05) is 12.3 Å². The van der Waals surface area contributed by atoms with Crippen molar-refractivity contribution in [2.45, 2.75) is 33.1 Å². The van der Waals surface area contributed by atoms with Crippen LogP contribution in [0.3, 0.4) is 0 Å². The van der Waals surface area contributed by atoms with Gasteiger partial charge < -0.3 is 4.40 Å². The number of imidazole rings is 1. The molecule has 9 aromatic carbocycles. The van der Waals surface area contributed by atoms with Crippen LogP contribution in [0.15, 0.2) is 200 Å². The molecule has 0 saturated heterocycles. The molecule has 5 aromatic heterocycles. The van der Waals surface area contributed by atoms with Crippen molar-refractivity contribution < 1.29 is 24.1 Å². The van der Waals surface area contributed by atoms with Gasteiger partial charge in [-0.15, -0.1) is 0 Å². The van der Waals surface area contributed by atoms with Gasteiger partial charge in [0.2, 0.25) is 0 Å². The molecule has 72 heavy (non-hydrogen) atoms. The summed E-state index contributed by atoms with van der Waals surface area (Å²) < 4.78 is 17.4. The van der Waals surface area contributed by atoms with Gasteiger partial charge in [-0.1, -0.05) is 57.2 Å². The second-order valence-electron chi connectivity index (χ2n) is 19.8. The van der Waals surface area contributed by atoms with Gasteiger partial charge in [0, 0.05) is 27.7 Å². The van der Waals surface area contributed by atoms with Crippen LogP contribution < -0.4 is 4.74 Å². The molecule has 0 saturated carbocycles. The number of ether oxygens (including phenoxy) is 1. The van der Waals surface area contributed by atoms with E-state index in [0.29, 0.717) is 11.5 Å². The van der Waals surface area contributed by atoms with Crippen LogP contribution in [0.5, 0.6) is 11.5 Å². The molecular weight excluding hydrogens is 1060 g/mol. The average Bonchev–Trinajstić information content (AvgIpc) is 4.12. The SMILES string of the molecule is Cc1ccc(-n2[c](=[Pt])n(-c3c(-c4ccccc4)cccc3-c3ccccc3)c3ccccc32)[c-]c1Oc1[c-]c2c(cc1)c1cc3c4cccc5c6ccccc6n(c3cc1n2-c1cc(C(C)(C)C)ccn1)c54. The van der Waals surface area contributed by atoms with Crippen LogP contribution in [0, 0.1) is 22.9 Å². The molecule has 0 atom stereocenters. The minimum atomic E-state index is -0.0804. The van der Waals surface area contributed by atoms with E-state index in [-0.39, 0.29) is 5.41 Å². The Balaban J connectivity index is 0.947. The van der Waals surface area contributed by atoms with E-state index in [1.165, 1.54) is 38.1 Å². The third-order valence-electron chi connectivity index (χ3n) is 14.5. The Bertz CT molecular complexity index is 4490. The fourth-order valence-electron chi connectivity index (χ4n) is 11.1. The molecule has 0 aliphatic rings. The second kappa shape index (κ2) is 16.1. The summed E-state index contributed by atoms with van der Waals surface area (Å²) in [5, 5.41) is 7.22. The van der Waals surface area contributed by atoms with Crippen LogP contribution in [0.2, 0.25) is 0 Å². The van der Waals surface area contributed by atoms with Crippen LogP contribution in [0.4, 0.5) is 0 Å². The van der Waals surface area contributed by atoms with E-state index in [1.54, 1.807) is 0 Å². The predicted octanol–water partition coefficient (Wildman–Crippen LogP) is 16.5. The Morgan fingerprint density at radius 3 is 1.85 bits per heavy atom. The van der Waals surface area contributed by atoms with E-state index < -0.39 is 0 Å². The molecule has 0 amide bonds. The summed E-state index contributed by atoms with van der Waals surface area (Å²) in [6, 6.07) is 77.2. The van der Waals surface area contributed by atoms with Crippen molar-refractivity contribution in [3.8, 4) is 50.9 Å². The molecule has 7 heteroatoms. The number of para-hydroxylation sites is 5. The summed E-state index contributed by atoms with van der Waals surface area (Å²) in [4.78, 5) is 5.07. The van der Waals surface area contributed by atoms with Crippen LogP contribution in [0.1, 0.15) is 31.9 Å². The Kier molecular flexibility index (Phi) is 9.52. The van der Waals surface area contributed by atoms with Crippen LogP contribution in [0.25, 0.3) is 110 Å². The van der Waals surface area contributed by atoms with Crippen molar-refractivity contribution >= 4 is 70.9 Å². The molecule has 0 aliphatic heterocycles. The quantitative estimate of drug-likeness (QED) is 0.149. The van der Waals surface area contributed by atoms with Gasteiger partial charge in [0.05, 0.1) is 16.6 Å². The Hall–Kier alpha value is -8.31. The van der Waals surface area contributed by atoms with Gasteiger partial charge in [0.15, 0.2) is 0 Å². The molecule has 0 bridgehead atoms. The number of hydrogen-bond donors (Lipinski definition) is 0. The second-order valence-corrected chi connectivity index (χ2v) is 20.8. The van der Waals surface area contributed by atoms with Gasteiger partial charge in [0.1, 0.15) is 0 Å². The van der Waals surface area contributed by atoms with E-state index in [9.17, 15) is 0 Å². The number of nitrogens with zero attached hydrogens (tertiary/aromatic N) is 5. The predicted molar refractivity (Wildman–Crippen MR) is 291 cm³/mol. The van der Waals surface area contributed by atoms with Crippen molar-refractivity contribution in [1.29, 1.82) is 0 Å². The van der Waals surface area contributed by atoms with Gasteiger partial charge in [-0.2, -0.15) is 0 Å². The fourth-order valence-corrected chi connectivity index (χ4v) is 12.1. The normalized spacial score (nSPS) is 12.2. The number of rotatable bonds is 7. The van der Waals surface area contributed by atoms with Gasteiger partial charge in [-0.3, -0.25) is 0 Å². The standard InChI is InChI=1S/C65H45N5O.Pt/c1-41-29-30-45(67-40-68(57-28-14-13-27-56(57)67)63-47(42-17-7-5-8-18-42)22-15-23-48(63)43-19-9-6-10-20-43)36-61(41)71-46-31-32-50-53-38-54-52-25-16-24-51-49-21-11-12-26-55(49)70(64(51)52)60(54)39-59(53)69(58(50)37-46)62-35-44(33-34-66-62)65(2,3)4;/h5-35,38-39H,1-4H3;/q-2;. The zero-order chi connectivity index (χ0) is 48.4. The number of fused-ring (bicyclic) bond motifs is 10. The molecule has 0 N–H and O–H groups in total. The maximum atomic E-state index is 6.97. The minimum Gasteiger partial charge on any atom is -0.0561 e. The van der Waals surface area contributed by atoms with E-state index in [0.717, 1.165) is 87.2 Å². The van der Waals surface area contributed by atoms with Crippen molar-refractivity contribution in [3.05, 3.63) is 227 Å². The van der Waals surface area contributed by atoms with Crippen molar-refractivity contribution in [2.75, 3.05) is 0 Å². The van der Waals surface area contributed by atoms with Gasteiger partial charge in [-0.25, -0.2) is 0 Å². The monoisotopic (exact) mass is 1110 g/mol. The molecule has 0 unspecified atom stereocenters. The topological polar surface area (TPSA) is 41.3 Å². The molecule has 0 fully saturated rings. The summed E-state index contributed by atoms with van der Waals surface area (Å²) in [7, 11) is 0. The molecular formula is C65H45N5OPt-2. The molecule has 5 heterocycles. The van der Waals surface area contributed by atoms with Gasteiger partial charge in [0.25, 0.3) is 0 Å². The Labute approximate surface area is 427 Å². The van der Waals surface area contributed by atoms with E-state index in [2.05, 4.69) is 265 Å². The summed E-state index contributed by atoms with van der Waals surface area (Å²) >= 11 is 2.49.